The summed E-state index contributed by atoms with van der Waals surface area (Å²) in [5, 5.41) is 4.21. The summed E-state index contributed by atoms with van der Waals surface area (Å²) in [6.45, 7) is 2.20. The first-order chi connectivity index (χ1) is 14.0. The van der Waals surface area contributed by atoms with E-state index >= 15 is 0 Å². The molecule has 0 aliphatic heterocycles. The predicted octanol–water partition coefficient (Wildman–Crippen LogP) is 4.22. The molecule has 2 aromatic carbocycles. The van der Waals surface area contributed by atoms with Crippen LogP contribution in [-0.4, -0.2) is 29.8 Å². The molecule has 6 nitrogen and oxygen atoms in total. The van der Waals surface area contributed by atoms with Crippen molar-refractivity contribution in [2.45, 2.75) is 13.5 Å². The summed E-state index contributed by atoms with van der Waals surface area (Å²) in [6, 6.07) is 14.9. The second-order valence-electron chi connectivity index (χ2n) is 6.53. The molecule has 0 unspecified atom stereocenters. The summed E-state index contributed by atoms with van der Waals surface area (Å²) >= 11 is 0. The molecule has 0 amide bonds. The molecule has 3 rings (SSSR count). The number of aromatic nitrogens is 2. The summed E-state index contributed by atoms with van der Waals surface area (Å²) in [5.41, 5.74) is 3.13. The standard InChI is InChI=1S/C23H24N2O4/c1-16-13-21(25(2)24-16)22(26)11-5-17-6-12-23(28-4)18(14-17)15-29-20-9-7-19(27-3)8-10-20/h5-14H,15H2,1-4H3/b11-5+. The Morgan fingerprint density at radius 3 is 2.38 bits per heavy atom. The van der Waals surface area contributed by atoms with Crippen LogP contribution >= 0.6 is 0 Å². The van der Waals surface area contributed by atoms with Crippen LogP contribution < -0.4 is 14.2 Å². The molecule has 0 spiro atoms. The maximum atomic E-state index is 12.4. The molecule has 0 atom stereocenters. The molecule has 0 aliphatic carbocycles. The first-order valence-corrected chi connectivity index (χ1v) is 9.17. The van der Waals surface area contributed by atoms with E-state index in [0.717, 1.165) is 34.1 Å². The quantitative estimate of drug-likeness (QED) is 0.424. The highest BCUT2D eigenvalue weighted by atomic mass is 16.5. The van der Waals surface area contributed by atoms with Crippen molar-refractivity contribution in [2.24, 2.45) is 7.05 Å². The highest BCUT2D eigenvalue weighted by Gasteiger charge is 2.09. The maximum absolute atomic E-state index is 12.4. The third-order valence-electron chi connectivity index (χ3n) is 4.44. The zero-order valence-electron chi connectivity index (χ0n) is 17.0. The third kappa shape index (κ3) is 5.04. The Bertz CT molecular complexity index is 1020. The van der Waals surface area contributed by atoms with Crippen LogP contribution in [0.1, 0.15) is 27.3 Å². The van der Waals surface area contributed by atoms with Gasteiger partial charge in [0.25, 0.3) is 0 Å². The van der Waals surface area contributed by atoms with Gasteiger partial charge in [-0.05, 0) is 61.0 Å². The largest absolute Gasteiger partial charge is 0.497 e. The molecule has 3 aromatic rings. The zero-order chi connectivity index (χ0) is 20.8. The van der Waals surface area contributed by atoms with E-state index in [1.54, 1.807) is 44.2 Å². The van der Waals surface area contributed by atoms with Gasteiger partial charge < -0.3 is 14.2 Å². The minimum Gasteiger partial charge on any atom is -0.497 e. The van der Waals surface area contributed by atoms with Crippen molar-refractivity contribution in [1.29, 1.82) is 0 Å². The van der Waals surface area contributed by atoms with Gasteiger partial charge in [-0.1, -0.05) is 12.1 Å². The number of ether oxygens (including phenoxy) is 3. The lowest BCUT2D eigenvalue weighted by Gasteiger charge is -2.11. The molecule has 29 heavy (non-hydrogen) atoms. The van der Waals surface area contributed by atoms with Crippen molar-refractivity contribution < 1.29 is 19.0 Å². The molecule has 0 radical (unpaired) electrons. The van der Waals surface area contributed by atoms with Crippen LogP contribution in [0.2, 0.25) is 0 Å². The average Bonchev–Trinajstić information content (AvgIpc) is 3.08. The Morgan fingerprint density at radius 2 is 1.76 bits per heavy atom. The summed E-state index contributed by atoms with van der Waals surface area (Å²) < 4.78 is 18.0. The lowest BCUT2D eigenvalue weighted by Crippen LogP contribution is -2.04. The highest BCUT2D eigenvalue weighted by Crippen LogP contribution is 2.24. The third-order valence-corrected chi connectivity index (χ3v) is 4.44. The summed E-state index contributed by atoms with van der Waals surface area (Å²) in [7, 11) is 5.01. The van der Waals surface area contributed by atoms with Crippen LogP contribution in [0.15, 0.2) is 54.6 Å². The van der Waals surface area contributed by atoms with E-state index in [1.165, 1.54) is 0 Å². The number of ketones is 1. The monoisotopic (exact) mass is 392 g/mol. The first-order valence-electron chi connectivity index (χ1n) is 9.17. The van der Waals surface area contributed by atoms with Crippen LogP contribution in [0, 0.1) is 6.92 Å². The van der Waals surface area contributed by atoms with Gasteiger partial charge in [0.2, 0.25) is 5.78 Å². The van der Waals surface area contributed by atoms with Crippen molar-refractivity contribution >= 4 is 11.9 Å². The number of nitrogens with zero attached hydrogens (tertiary/aromatic N) is 2. The second-order valence-corrected chi connectivity index (χ2v) is 6.53. The molecule has 0 fully saturated rings. The van der Waals surface area contributed by atoms with E-state index in [-0.39, 0.29) is 5.78 Å². The molecule has 1 aromatic heterocycles. The van der Waals surface area contributed by atoms with Crippen molar-refractivity contribution in [3.05, 3.63) is 77.1 Å². The van der Waals surface area contributed by atoms with Gasteiger partial charge >= 0.3 is 0 Å². The van der Waals surface area contributed by atoms with E-state index in [1.807, 2.05) is 49.4 Å². The number of carbonyl (C=O) groups excluding carboxylic acids is 1. The van der Waals surface area contributed by atoms with E-state index in [4.69, 9.17) is 14.2 Å². The molecular weight excluding hydrogens is 368 g/mol. The molecule has 0 aliphatic rings. The number of hydrogen-bond acceptors (Lipinski definition) is 5. The normalized spacial score (nSPS) is 10.9. The predicted molar refractivity (Wildman–Crippen MR) is 112 cm³/mol. The number of methoxy groups -OCH3 is 2. The zero-order valence-corrected chi connectivity index (χ0v) is 17.0. The van der Waals surface area contributed by atoms with Crippen molar-refractivity contribution in [2.75, 3.05) is 14.2 Å². The topological polar surface area (TPSA) is 62.6 Å². The fourth-order valence-electron chi connectivity index (χ4n) is 2.95. The lowest BCUT2D eigenvalue weighted by atomic mass is 10.1. The fourth-order valence-corrected chi connectivity index (χ4v) is 2.95. The Balaban J connectivity index is 1.73. The number of aryl methyl sites for hydroxylation is 2. The Hall–Kier alpha value is -3.54. The summed E-state index contributed by atoms with van der Waals surface area (Å²) in [4.78, 5) is 12.4. The number of carbonyl (C=O) groups is 1. The molecule has 0 saturated carbocycles. The van der Waals surface area contributed by atoms with Gasteiger partial charge in [-0.25, -0.2) is 0 Å². The van der Waals surface area contributed by atoms with Gasteiger partial charge in [0.1, 0.15) is 29.5 Å². The van der Waals surface area contributed by atoms with Gasteiger partial charge in [-0.2, -0.15) is 5.10 Å². The van der Waals surface area contributed by atoms with Crippen molar-refractivity contribution in [3.8, 4) is 17.2 Å². The smallest absolute Gasteiger partial charge is 0.203 e. The average molecular weight is 392 g/mol. The van der Waals surface area contributed by atoms with Gasteiger partial charge in [0.05, 0.1) is 19.9 Å². The first kappa shape index (κ1) is 20.2. The Labute approximate surface area is 170 Å². The number of rotatable bonds is 8. The molecule has 1 heterocycles. The SMILES string of the molecule is COc1ccc(OCc2cc(/C=C/C(=O)c3cc(C)nn3C)ccc2OC)cc1. The number of allylic oxidation sites excluding steroid dienone is 1. The van der Waals surface area contributed by atoms with Crippen LogP contribution in [0.25, 0.3) is 6.08 Å². The molecule has 6 heteroatoms. The summed E-state index contributed by atoms with van der Waals surface area (Å²) in [5.74, 6) is 2.13. The number of benzene rings is 2. The highest BCUT2D eigenvalue weighted by molar-refractivity contribution is 6.05. The van der Waals surface area contributed by atoms with Crippen LogP contribution in [-0.2, 0) is 13.7 Å². The Kier molecular flexibility index (Phi) is 6.34. The molecule has 150 valence electrons. The number of hydrogen-bond donors (Lipinski definition) is 0. The van der Waals surface area contributed by atoms with E-state index < -0.39 is 0 Å². The van der Waals surface area contributed by atoms with Crippen LogP contribution in [0.4, 0.5) is 0 Å². The molecule has 0 N–H and O–H groups in total. The molecule has 0 saturated heterocycles. The van der Waals surface area contributed by atoms with Crippen LogP contribution in [0.3, 0.4) is 0 Å². The fraction of sp³-hybridized carbons (Fsp3) is 0.217. The maximum Gasteiger partial charge on any atom is 0.203 e. The van der Waals surface area contributed by atoms with Gasteiger partial charge in [0, 0.05) is 12.6 Å². The van der Waals surface area contributed by atoms with Crippen molar-refractivity contribution in [1.82, 2.24) is 9.78 Å². The van der Waals surface area contributed by atoms with E-state index in [9.17, 15) is 4.79 Å². The van der Waals surface area contributed by atoms with Gasteiger partial charge in [0.15, 0.2) is 0 Å². The van der Waals surface area contributed by atoms with E-state index in [2.05, 4.69) is 5.10 Å². The van der Waals surface area contributed by atoms with Gasteiger partial charge in [-0.3, -0.25) is 9.48 Å². The second kappa shape index (κ2) is 9.10. The molecule has 0 bridgehead atoms. The minimum absolute atomic E-state index is 0.0973. The van der Waals surface area contributed by atoms with Crippen LogP contribution in [0.5, 0.6) is 17.2 Å². The van der Waals surface area contributed by atoms with Gasteiger partial charge in [-0.15, -0.1) is 0 Å². The Morgan fingerprint density at radius 1 is 1.03 bits per heavy atom. The summed E-state index contributed by atoms with van der Waals surface area (Å²) in [6.07, 6.45) is 3.33. The van der Waals surface area contributed by atoms with E-state index in [0.29, 0.717) is 12.3 Å². The lowest BCUT2D eigenvalue weighted by molar-refractivity contribution is 0.103. The van der Waals surface area contributed by atoms with Crippen molar-refractivity contribution in [3.63, 3.8) is 0 Å². The molecular formula is C23H24N2O4. The minimum atomic E-state index is -0.0973.